The van der Waals surface area contributed by atoms with Crippen LogP contribution < -0.4 is 11.1 Å². The highest BCUT2D eigenvalue weighted by molar-refractivity contribution is 5.98. The number of esters is 2. The van der Waals surface area contributed by atoms with Gasteiger partial charge >= 0.3 is 11.9 Å². The first-order valence-electron chi connectivity index (χ1n) is 8.55. The zero-order valence-corrected chi connectivity index (χ0v) is 15.0. The van der Waals surface area contributed by atoms with Gasteiger partial charge in [0, 0.05) is 17.7 Å². The normalized spacial score (nSPS) is 16.3. The van der Waals surface area contributed by atoms with Gasteiger partial charge in [0.15, 0.2) is 6.10 Å². The summed E-state index contributed by atoms with van der Waals surface area (Å²) in [5.74, 6) is -2.54. The maximum absolute atomic E-state index is 12.3. The van der Waals surface area contributed by atoms with Crippen LogP contribution in [0.3, 0.4) is 0 Å². The highest BCUT2D eigenvalue weighted by Crippen LogP contribution is 2.21. The van der Waals surface area contributed by atoms with Crippen molar-refractivity contribution in [2.75, 3.05) is 5.32 Å². The van der Waals surface area contributed by atoms with Crippen molar-refractivity contribution in [3.05, 3.63) is 65.2 Å². The average Bonchev–Trinajstić information content (AvgIpc) is 2.68. The fourth-order valence-corrected chi connectivity index (χ4v) is 2.73. The Morgan fingerprint density at radius 2 is 1.82 bits per heavy atom. The maximum atomic E-state index is 12.3. The van der Waals surface area contributed by atoms with Crippen molar-refractivity contribution in [3.8, 4) is 0 Å². The first kappa shape index (κ1) is 19.1. The van der Waals surface area contributed by atoms with Gasteiger partial charge in [-0.05, 0) is 42.8 Å². The van der Waals surface area contributed by atoms with Crippen LogP contribution in [-0.2, 0) is 25.5 Å². The molecule has 0 aliphatic carbocycles. The Kier molecular flexibility index (Phi) is 5.39. The fourth-order valence-electron chi connectivity index (χ4n) is 2.73. The number of hydrogen-bond acceptors (Lipinski definition) is 6. The largest absolute Gasteiger partial charge is 0.450 e. The quantitative estimate of drug-likeness (QED) is 0.754. The van der Waals surface area contributed by atoms with Crippen molar-refractivity contribution in [2.24, 2.45) is 5.73 Å². The van der Waals surface area contributed by atoms with Crippen LogP contribution in [0.1, 0.15) is 33.2 Å². The lowest BCUT2D eigenvalue weighted by Gasteiger charge is -2.24. The summed E-state index contributed by atoms with van der Waals surface area (Å²) in [7, 11) is 0. The van der Waals surface area contributed by atoms with E-state index in [1.807, 2.05) is 0 Å². The standard InChI is InChI=1S/C20H18N2O6/c1-11(18(24)22-14-8-6-12(7-9-14)17(21)23)27-20(26)16-10-13-4-2-3-5-15(13)19(25)28-16/h2-9,11,16H,10H2,1H3,(H2,21,23)(H,22,24)/t11-,16-/m0/s1. The molecule has 3 N–H and O–H groups in total. The van der Waals surface area contributed by atoms with Crippen molar-refractivity contribution < 1.29 is 28.7 Å². The minimum atomic E-state index is -1.11. The summed E-state index contributed by atoms with van der Waals surface area (Å²) in [6, 6.07) is 12.8. The number of hydrogen-bond donors (Lipinski definition) is 2. The van der Waals surface area contributed by atoms with E-state index in [9.17, 15) is 19.2 Å². The molecule has 0 fully saturated rings. The second kappa shape index (κ2) is 7.91. The van der Waals surface area contributed by atoms with E-state index in [2.05, 4.69) is 5.32 Å². The Morgan fingerprint density at radius 3 is 2.50 bits per heavy atom. The number of amides is 2. The summed E-state index contributed by atoms with van der Waals surface area (Å²) in [6.45, 7) is 1.41. The van der Waals surface area contributed by atoms with Crippen LogP contribution in [0.4, 0.5) is 5.69 Å². The molecule has 8 nitrogen and oxygen atoms in total. The number of carbonyl (C=O) groups is 4. The van der Waals surface area contributed by atoms with Crippen molar-refractivity contribution in [1.29, 1.82) is 0 Å². The lowest BCUT2D eigenvalue weighted by atomic mass is 9.99. The van der Waals surface area contributed by atoms with Gasteiger partial charge in [-0.3, -0.25) is 9.59 Å². The monoisotopic (exact) mass is 382 g/mol. The molecule has 2 aromatic rings. The van der Waals surface area contributed by atoms with Crippen LogP contribution in [0.15, 0.2) is 48.5 Å². The number of primary amides is 1. The average molecular weight is 382 g/mol. The van der Waals surface area contributed by atoms with E-state index in [1.54, 1.807) is 24.3 Å². The zero-order valence-electron chi connectivity index (χ0n) is 15.0. The Balaban J connectivity index is 1.58. The van der Waals surface area contributed by atoms with Crippen LogP contribution >= 0.6 is 0 Å². The predicted molar refractivity (Wildman–Crippen MR) is 98.5 cm³/mol. The van der Waals surface area contributed by atoms with Gasteiger partial charge in [-0.1, -0.05) is 18.2 Å². The molecule has 1 aliphatic heterocycles. The Morgan fingerprint density at radius 1 is 1.14 bits per heavy atom. The topological polar surface area (TPSA) is 125 Å². The van der Waals surface area contributed by atoms with E-state index in [0.717, 1.165) is 0 Å². The van der Waals surface area contributed by atoms with E-state index < -0.39 is 36.0 Å². The number of ether oxygens (including phenoxy) is 2. The molecular formula is C20H18N2O6. The van der Waals surface area contributed by atoms with Gasteiger partial charge in [0.25, 0.3) is 5.91 Å². The molecule has 1 aliphatic rings. The summed E-state index contributed by atoms with van der Waals surface area (Å²) in [5, 5.41) is 2.56. The molecule has 2 amide bonds. The van der Waals surface area contributed by atoms with Gasteiger partial charge < -0.3 is 20.5 Å². The molecule has 144 valence electrons. The molecule has 0 saturated carbocycles. The number of anilines is 1. The number of benzene rings is 2. The molecule has 28 heavy (non-hydrogen) atoms. The number of fused-ring (bicyclic) bond motifs is 1. The minimum Gasteiger partial charge on any atom is -0.450 e. The number of cyclic esters (lactones) is 1. The van der Waals surface area contributed by atoms with Crippen LogP contribution in [-0.4, -0.2) is 36.0 Å². The Labute approximate surface area is 160 Å². The molecule has 1 heterocycles. The van der Waals surface area contributed by atoms with Gasteiger partial charge in [-0.2, -0.15) is 0 Å². The molecular weight excluding hydrogens is 364 g/mol. The van der Waals surface area contributed by atoms with Gasteiger partial charge in [0.05, 0.1) is 5.56 Å². The first-order chi connectivity index (χ1) is 13.3. The Bertz CT molecular complexity index is 938. The van der Waals surface area contributed by atoms with Crippen LogP contribution in [0.25, 0.3) is 0 Å². The molecule has 0 spiro atoms. The summed E-state index contributed by atoms with van der Waals surface area (Å²) in [4.78, 5) is 47.6. The number of carbonyl (C=O) groups excluding carboxylic acids is 4. The highest BCUT2D eigenvalue weighted by Gasteiger charge is 2.33. The first-order valence-corrected chi connectivity index (χ1v) is 8.55. The van der Waals surface area contributed by atoms with Gasteiger partial charge in [-0.15, -0.1) is 0 Å². The van der Waals surface area contributed by atoms with Gasteiger partial charge in [-0.25, -0.2) is 9.59 Å². The summed E-state index contributed by atoms with van der Waals surface area (Å²) in [5.41, 5.74) is 6.98. The Hall–Kier alpha value is -3.68. The van der Waals surface area contributed by atoms with Gasteiger partial charge in [0.1, 0.15) is 0 Å². The summed E-state index contributed by atoms with van der Waals surface area (Å²) < 4.78 is 10.3. The number of rotatable bonds is 5. The third-order valence-electron chi connectivity index (χ3n) is 4.25. The number of nitrogens with two attached hydrogens (primary N) is 1. The van der Waals surface area contributed by atoms with Crippen LogP contribution in [0.2, 0.25) is 0 Å². The molecule has 8 heteroatoms. The lowest BCUT2D eigenvalue weighted by molar-refractivity contribution is -0.162. The van der Waals surface area contributed by atoms with E-state index >= 15 is 0 Å². The number of nitrogens with one attached hydrogen (secondary N) is 1. The molecule has 0 saturated heterocycles. The van der Waals surface area contributed by atoms with E-state index in [0.29, 0.717) is 22.4 Å². The van der Waals surface area contributed by atoms with Crippen LogP contribution in [0.5, 0.6) is 0 Å². The highest BCUT2D eigenvalue weighted by atomic mass is 16.6. The maximum Gasteiger partial charge on any atom is 0.348 e. The molecule has 2 atom stereocenters. The fraction of sp³-hybridized carbons (Fsp3) is 0.200. The zero-order chi connectivity index (χ0) is 20.3. The predicted octanol–water partition coefficient (Wildman–Crippen LogP) is 1.44. The lowest BCUT2D eigenvalue weighted by Crippen LogP contribution is -2.39. The van der Waals surface area contributed by atoms with Crippen molar-refractivity contribution in [1.82, 2.24) is 0 Å². The summed E-state index contributed by atoms with van der Waals surface area (Å²) >= 11 is 0. The van der Waals surface area contributed by atoms with E-state index in [4.69, 9.17) is 15.2 Å². The SMILES string of the molecule is C[C@H](OC(=O)[C@@H]1Cc2ccccc2C(=O)O1)C(=O)Nc1ccc(C(N)=O)cc1. The van der Waals surface area contributed by atoms with Crippen molar-refractivity contribution in [2.45, 2.75) is 25.6 Å². The van der Waals surface area contributed by atoms with E-state index in [-0.39, 0.29) is 6.42 Å². The molecule has 0 aromatic heterocycles. The third-order valence-corrected chi connectivity index (χ3v) is 4.25. The van der Waals surface area contributed by atoms with Crippen molar-refractivity contribution in [3.63, 3.8) is 0 Å². The third kappa shape index (κ3) is 4.17. The van der Waals surface area contributed by atoms with Gasteiger partial charge in [0.2, 0.25) is 12.0 Å². The smallest absolute Gasteiger partial charge is 0.348 e. The van der Waals surface area contributed by atoms with Crippen LogP contribution in [0, 0.1) is 0 Å². The van der Waals surface area contributed by atoms with E-state index in [1.165, 1.54) is 31.2 Å². The van der Waals surface area contributed by atoms with Crippen molar-refractivity contribution >= 4 is 29.4 Å². The molecule has 0 bridgehead atoms. The second-order valence-corrected chi connectivity index (χ2v) is 6.27. The summed E-state index contributed by atoms with van der Waals surface area (Å²) in [6.07, 6.45) is -2.03. The molecule has 3 rings (SSSR count). The molecule has 0 unspecified atom stereocenters. The second-order valence-electron chi connectivity index (χ2n) is 6.27. The minimum absolute atomic E-state index is 0.184. The molecule has 0 radical (unpaired) electrons. The molecule has 2 aromatic carbocycles.